The molecular weight excluding hydrogens is 311 g/mol. The zero-order chi connectivity index (χ0) is 11.5. The van der Waals surface area contributed by atoms with E-state index < -0.39 is 5.97 Å². The molecule has 91 valence electrons. The van der Waals surface area contributed by atoms with Crippen LogP contribution in [0.4, 0.5) is 0 Å². The van der Waals surface area contributed by atoms with E-state index in [4.69, 9.17) is 9.47 Å². The molecule has 0 N–H and O–H groups in total. The normalized spacial score (nSPS) is 12.8. The second-order valence-corrected chi connectivity index (χ2v) is 3.25. The van der Waals surface area contributed by atoms with Crippen molar-refractivity contribution in [3.05, 3.63) is 36.4 Å². The van der Waals surface area contributed by atoms with Gasteiger partial charge in [0, 0.05) is 25.9 Å². The van der Waals surface area contributed by atoms with Gasteiger partial charge in [-0.2, -0.15) is 0 Å². The van der Waals surface area contributed by atoms with Crippen LogP contribution in [0.25, 0.3) is 0 Å². The zero-order valence-corrected chi connectivity index (χ0v) is 10.5. The van der Waals surface area contributed by atoms with E-state index in [1.54, 1.807) is 12.1 Å². The first-order chi connectivity index (χ1) is 7.70. The van der Waals surface area contributed by atoms with Crippen LogP contribution in [0.2, 0.25) is 0 Å². The molecule has 2 rings (SSSR count). The SMILES string of the molecule is C=[C-]C(=O)Oc1ccc2c(c1)C(=O)CCO2.[Rh]. The monoisotopic (exact) mass is 320 g/mol. The maximum absolute atomic E-state index is 11.5. The van der Waals surface area contributed by atoms with Crippen molar-refractivity contribution < 1.29 is 38.5 Å². The van der Waals surface area contributed by atoms with Crippen LogP contribution < -0.4 is 9.47 Å². The van der Waals surface area contributed by atoms with E-state index in [-0.39, 0.29) is 25.3 Å². The van der Waals surface area contributed by atoms with E-state index in [2.05, 4.69) is 12.7 Å². The van der Waals surface area contributed by atoms with Gasteiger partial charge in [-0.25, -0.2) is 0 Å². The molecular formula is C12H9O4Rh-. The summed E-state index contributed by atoms with van der Waals surface area (Å²) < 4.78 is 10.1. The van der Waals surface area contributed by atoms with Gasteiger partial charge in [0.25, 0.3) is 0 Å². The minimum absolute atomic E-state index is 0. The third kappa shape index (κ3) is 3.01. The topological polar surface area (TPSA) is 52.6 Å². The standard InChI is InChI=1S/C12H9O4.Rh/c1-2-12(14)16-8-3-4-11-9(7-8)10(13)5-6-15-11;/h3-4,7H,1,5-6H2;/q-1;. The van der Waals surface area contributed by atoms with Crippen molar-refractivity contribution in [2.24, 2.45) is 0 Å². The third-order valence-electron chi connectivity index (χ3n) is 2.19. The molecule has 0 amide bonds. The Morgan fingerprint density at radius 3 is 2.94 bits per heavy atom. The molecule has 0 spiro atoms. The van der Waals surface area contributed by atoms with Crippen molar-refractivity contribution in [2.45, 2.75) is 6.42 Å². The average molecular weight is 320 g/mol. The fraction of sp³-hybridized carbons (Fsp3) is 0.167. The molecule has 17 heavy (non-hydrogen) atoms. The molecule has 0 atom stereocenters. The van der Waals surface area contributed by atoms with Gasteiger partial charge in [-0.3, -0.25) is 16.2 Å². The van der Waals surface area contributed by atoms with Crippen molar-refractivity contribution in [1.82, 2.24) is 0 Å². The molecule has 0 saturated carbocycles. The van der Waals surface area contributed by atoms with Crippen LogP contribution in [0.5, 0.6) is 11.5 Å². The van der Waals surface area contributed by atoms with Gasteiger partial charge in [-0.05, 0) is 18.2 Å². The summed E-state index contributed by atoms with van der Waals surface area (Å²) in [5.74, 6) is 0.128. The molecule has 1 aliphatic heterocycles. The summed E-state index contributed by atoms with van der Waals surface area (Å²) in [5.41, 5.74) is 0.445. The van der Waals surface area contributed by atoms with Crippen molar-refractivity contribution in [3.63, 3.8) is 0 Å². The largest absolute Gasteiger partial charge is 0.492 e. The molecule has 1 heterocycles. The summed E-state index contributed by atoms with van der Waals surface area (Å²) >= 11 is 0. The predicted molar refractivity (Wildman–Crippen MR) is 55.4 cm³/mol. The smallest absolute Gasteiger partial charge is 0.170 e. The number of carbonyl (C=O) groups is 2. The fourth-order valence-corrected chi connectivity index (χ4v) is 1.45. The molecule has 4 nitrogen and oxygen atoms in total. The van der Waals surface area contributed by atoms with Gasteiger partial charge < -0.3 is 15.5 Å². The molecule has 0 fully saturated rings. The van der Waals surface area contributed by atoms with E-state index in [0.29, 0.717) is 30.1 Å². The summed E-state index contributed by atoms with van der Waals surface area (Å²) in [6, 6.07) is 4.66. The molecule has 0 saturated heterocycles. The Kier molecular flexibility index (Phi) is 4.58. The maximum Gasteiger partial charge on any atom is 0.170 e. The second kappa shape index (κ2) is 5.73. The van der Waals surface area contributed by atoms with Crippen LogP contribution in [0.3, 0.4) is 0 Å². The van der Waals surface area contributed by atoms with E-state index in [1.165, 1.54) is 6.07 Å². The zero-order valence-electron chi connectivity index (χ0n) is 8.82. The van der Waals surface area contributed by atoms with E-state index in [0.717, 1.165) is 0 Å². The van der Waals surface area contributed by atoms with Crippen molar-refractivity contribution in [1.29, 1.82) is 0 Å². The summed E-state index contributed by atoms with van der Waals surface area (Å²) in [7, 11) is 0. The number of fused-ring (bicyclic) bond motifs is 1. The van der Waals surface area contributed by atoms with Crippen LogP contribution in [-0.2, 0) is 24.3 Å². The number of rotatable bonds is 2. The fourth-order valence-electron chi connectivity index (χ4n) is 1.45. The molecule has 0 aliphatic carbocycles. The third-order valence-corrected chi connectivity index (χ3v) is 2.19. The minimum atomic E-state index is -0.677. The number of esters is 1. The molecule has 1 radical (unpaired) electrons. The minimum Gasteiger partial charge on any atom is -0.492 e. The summed E-state index contributed by atoms with van der Waals surface area (Å²) in [5, 5.41) is 0. The Labute approximate surface area is 111 Å². The molecule has 1 aliphatic rings. The van der Waals surface area contributed by atoms with Gasteiger partial charge in [-0.1, -0.05) is 0 Å². The summed E-state index contributed by atoms with van der Waals surface area (Å²) in [4.78, 5) is 22.5. The molecule has 0 unspecified atom stereocenters. The van der Waals surface area contributed by atoms with Gasteiger partial charge in [0.15, 0.2) is 11.8 Å². The number of benzene rings is 1. The first-order valence-electron chi connectivity index (χ1n) is 4.75. The van der Waals surface area contributed by atoms with Crippen LogP contribution in [-0.4, -0.2) is 18.4 Å². The number of ether oxygens (including phenoxy) is 2. The molecule has 0 bridgehead atoms. The van der Waals surface area contributed by atoms with Crippen molar-refractivity contribution in [3.8, 4) is 11.5 Å². The quantitative estimate of drug-likeness (QED) is 0.273. The van der Waals surface area contributed by atoms with Gasteiger partial charge in [0.1, 0.15) is 11.5 Å². The van der Waals surface area contributed by atoms with E-state index in [9.17, 15) is 9.59 Å². The molecule has 5 heteroatoms. The Balaban J connectivity index is 0.00000144. The average Bonchev–Trinajstić information content (AvgIpc) is 2.30. The first kappa shape index (κ1) is 13.6. The van der Waals surface area contributed by atoms with E-state index in [1.807, 2.05) is 0 Å². The predicted octanol–water partition coefficient (Wildman–Crippen LogP) is 1.54. The first-order valence-corrected chi connectivity index (χ1v) is 4.75. The van der Waals surface area contributed by atoms with E-state index >= 15 is 0 Å². The Hall–Kier alpha value is -1.48. The summed E-state index contributed by atoms with van der Waals surface area (Å²) in [6.45, 7) is 3.56. The Bertz CT molecular complexity index is 468. The van der Waals surface area contributed by atoms with Gasteiger partial charge in [0.2, 0.25) is 0 Å². The van der Waals surface area contributed by atoms with Crippen LogP contribution in [0.15, 0.2) is 24.8 Å². The molecule has 1 aromatic carbocycles. The molecule has 0 aromatic heterocycles. The Morgan fingerprint density at radius 2 is 2.24 bits per heavy atom. The van der Waals surface area contributed by atoms with Crippen LogP contribution in [0, 0.1) is 6.08 Å². The molecule has 1 aromatic rings. The van der Waals surface area contributed by atoms with Crippen molar-refractivity contribution >= 4 is 11.8 Å². The van der Waals surface area contributed by atoms with Crippen LogP contribution >= 0.6 is 0 Å². The number of hydrogen-bond acceptors (Lipinski definition) is 4. The Morgan fingerprint density at radius 1 is 1.47 bits per heavy atom. The van der Waals surface area contributed by atoms with Crippen LogP contribution in [0.1, 0.15) is 16.8 Å². The number of hydrogen-bond donors (Lipinski definition) is 0. The van der Waals surface area contributed by atoms with Gasteiger partial charge in [0.05, 0.1) is 12.2 Å². The van der Waals surface area contributed by atoms with Crippen molar-refractivity contribution in [2.75, 3.05) is 6.61 Å². The van der Waals surface area contributed by atoms with Gasteiger partial charge in [-0.15, -0.1) is 0 Å². The second-order valence-electron chi connectivity index (χ2n) is 3.25. The number of carbonyl (C=O) groups excluding carboxylic acids is 2. The number of Topliss-reactive ketones (excluding diaryl/α,β-unsaturated/α-hetero) is 1. The maximum atomic E-state index is 11.5. The summed E-state index contributed by atoms with van der Waals surface area (Å²) in [6.07, 6.45) is 2.42. The number of ketones is 1. The van der Waals surface area contributed by atoms with Gasteiger partial charge >= 0.3 is 0 Å².